The first-order chi connectivity index (χ1) is 52.7. The average molecular weight is 1800 g/mol. The van der Waals surface area contributed by atoms with Crippen molar-refractivity contribution in [3.63, 3.8) is 0 Å². The maximum atomic E-state index is 13.4. The Bertz CT molecular complexity index is 7430. The number of aromatic hydroxyl groups is 4. The molecule has 0 saturated heterocycles. The number of non-ortho nitro benzene ring substituents is 1. The van der Waals surface area contributed by atoms with Crippen molar-refractivity contribution in [3.8, 4) is 28.7 Å². The lowest BCUT2D eigenvalue weighted by Crippen LogP contribution is -2.08. The fourth-order valence-corrected chi connectivity index (χ4v) is 17.2. The largest absolute Gasteiger partial charge is 0.507 e. The normalized spacial score (nSPS) is 13.5. The number of aryl methyl sites for hydroxylation is 1. The molecule has 115 heavy (non-hydrogen) atoms. The van der Waals surface area contributed by atoms with Crippen LogP contribution in [0.2, 0.25) is 0 Å². The van der Waals surface area contributed by atoms with Gasteiger partial charge in [-0.2, -0.15) is 89.3 Å². The number of nitro groups is 1. The summed E-state index contributed by atoms with van der Waals surface area (Å²) in [6.45, 7) is 0.632. The van der Waals surface area contributed by atoms with Crippen LogP contribution in [0.4, 0.5) is 68.2 Å². The molecule has 0 heterocycles. The summed E-state index contributed by atoms with van der Waals surface area (Å²) in [5.74, 6) is -7.02. The number of hydrogen-bond donors (Lipinski definition) is 15. The minimum absolute atomic E-state index is 0.0487. The molecule has 0 amide bonds. The number of nitrogens with zero attached hydrogens (tertiary/aromatic N) is 11. The Kier molecular flexibility index (Phi) is 22.5. The van der Waals surface area contributed by atoms with Gasteiger partial charge in [0.1, 0.15) is 91.3 Å². The van der Waals surface area contributed by atoms with Crippen LogP contribution in [0.5, 0.6) is 28.7 Å². The first-order valence-electron chi connectivity index (χ1n) is 29.6. The monoisotopic (exact) mass is 1790 g/mol. The molecule has 0 aliphatic heterocycles. The van der Waals surface area contributed by atoms with Gasteiger partial charge in [-0.1, -0.05) is 0 Å². The molecule has 0 saturated carbocycles. The van der Waals surface area contributed by atoms with E-state index in [2.05, 4.69) is 51.1 Å². The summed E-state index contributed by atoms with van der Waals surface area (Å²) < 4.78 is 361. The topological polar surface area (TPSA) is 827 Å². The number of nitrogen functional groups attached to an aromatic ring is 1. The van der Waals surface area contributed by atoms with E-state index in [1.54, 1.807) is 0 Å². The summed E-state index contributed by atoms with van der Waals surface area (Å²) >= 11 is 0. The van der Waals surface area contributed by atoms with Crippen LogP contribution in [0.25, 0.3) is 43.1 Å². The molecule has 0 unspecified atom stereocenters. The van der Waals surface area contributed by atoms with E-state index in [1.165, 1.54) is 6.92 Å². The fourth-order valence-electron chi connectivity index (χ4n) is 10.8. The van der Waals surface area contributed by atoms with Gasteiger partial charge in [0.25, 0.3) is 107 Å². The molecule has 59 heteroatoms. The zero-order valence-electron chi connectivity index (χ0n) is 55.7. The Morgan fingerprint density at radius 1 is 0.374 bits per heavy atom. The summed E-state index contributed by atoms with van der Waals surface area (Å²) in [6, 6.07) is 9.18. The predicted molar refractivity (Wildman–Crippen MR) is 387 cm³/mol. The van der Waals surface area contributed by atoms with Crippen molar-refractivity contribution < 1.29 is 160 Å². The molecule has 0 radical (unpaired) electrons. The number of phenols is 4. The molecule has 0 aliphatic carbocycles. The Hall–Kier alpha value is -11.5. The number of rotatable bonds is 25. The summed E-state index contributed by atoms with van der Waals surface area (Å²) in [7, 11) is -55.5. The third-order valence-corrected chi connectivity index (χ3v) is 24.4. The Labute approximate surface area is 642 Å². The van der Waals surface area contributed by atoms with E-state index in [9.17, 15) is 160 Å². The van der Waals surface area contributed by atoms with Gasteiger partial charge in [0, 0.05) is 51.2 Å². The van der Waals surface area contributed by atoms with E-state index in [0.29, 0.717) is 60.7 Å². The number of ether oxygens (including phenoxy) is 1. The van der Waals surface area contributed by atoms with Gasteiger partial charge in [0.05, 0.1) is 54.9 Å². The van der Waals surface area contributed by atoms with Crippen LogP contribution in [-0.2, 0) is 101 Å². The van der Waals surface area contributed by atoms with Crippen molar-refractivity contribution in [1.82, 2.24) is 0 Å². The summed E-state index contributed by atoms with van der Waals surface area (Å²) in [5, 5.41) is 86.5. The minimum atomic E-state index is -5.97. The maximum absolute atomic E-state index is 13.4. The van der Waals surface area contributed by atoms with Gasteiger partial charge >= 0.3 is 0 Å². The summed E-state index contributed by atoms with van der Waals surface area (Å²) in [4.78, 5) is -2.57. The van der Waals surface area contributed by atoms with Crippen molar-refractivity contribution in [3.05, 3.63) is 119 Å². The second-order valence-electron chi connectivity index (χ2n) is 23.2. The molecule has 0 spiro atoms. The Balaban J connectivity index is 1.08. The fraction of sp³-hybridized carbons (Fsp3) is 0.0714. The molecule has 49 nitrogen and oxygen atoms in total. The van der Waals surface area contributed by atoms with E-state index in [1.807, 2.05) is 0 Å². The number of anilines is 1. The highest BCUT2D eigenvalue weighted by atomic mass is 32.3. The van der Waals surface area contributed by atoms with Crippen molar-refractivity contribution in [1.29, 1.82) is 0 Å². The molecule has 10 aromatic rings. The number of fused-ring (bicyclic) bond motifs is 4. The SMILES string of the molecule is Cc1cc(N=Nc2c(S(=O)(=O)O)cc3c(S(=O)(=O)O)c(N=Nc4c(S(=O)(=O)O)cc5c(S(=O)(=O)O)c(N=Nc6cc(S(=O)(=O)O)c7cc(S(=O)(=O)O)c(N=Nc8ccc([N+](=O)[O-])cc8S(=O)(=O)O)c(O)c7c6N)ccc5c4O)ccc3c2O)c(OCCCS(=O)(=O)O)cc1N=Nc1cc(S(=O)(=O)O)cc2cc(S(=O)(=O)O)cc(O)c12. The van der Waals surface area contributed by atoms with Crippen molar-refractivity contribution in [2.45, 2.75) is 57.4 Å². The molecule has 0 atom stereocenters. The van der Waals surface area contributed by atoms with Gasteiger partial charge in [-0.3, -0.25) is 55.6 Å². The number of hydrogen-bond acceptors (Lipinski definition) is 38. The van der Waals surface area contributed by atoms with Crippen LogP contribution in [-0.4, -0.2) is 167 Å². The second-order valence-corrected chi connectivity index (χ2v) is 37.3. The van der Waals surface area contributed by atoms with Gasteiger partial charge < -0.3 is 30.9 Å². The zero-order chi connectivity index (χ0) is 85.7. The average Bonchev–Trinajstić information content (AvgIpc) is 0.752. The molecule has 10 rings (SSSR count). The maximum Gasteiger partial charge on any atom is 0.297 e. The van der Waals surface area contributed by atoms with Gasteiger partial charge in [-0.05, 0) is 103 Å². The van der Waals surface area contributed by atoms with E-state index in [-0.39, 0.29) is 41.6 Å². The first kappa shape index (κ1) is 86.0. The van der Waals surface area contributed by atoms with Gasteiger partial charge in [0.2, 0.25) is 0 Å². The molecule has 0 aromatic heterocycles. The first-order valence-corrected chi connectivity index (χ1v) is 44.2. The van der Waals surface area contributed by atoms with Gasteiger partial charge in [-0.25, -0.2) is 0 Å². The lowest BCUT2D eigenvalue weighted by molar-refractivity contribution is -0.385. The van der Waals surface area contributed by atoms with Crippen molar-refractivity contribution in [2.24, 2.45) is 51.1 Å². The van der Waals surface area contributed by atoms with Crippen molar-refractivity contribution in [2.75, 3.05) is 18.1 Å². The minimum Gasteiger partial charge on any atom is -0.507 e. The zero-order valence-corrected chi connectivity index (χ0v) is 63.8. The van der Waals surface area contributed by atoms with Gasteiger partial charge in [0.15, 0.2) is 17.2 Å². The summed E-state index contributed by atoms with van der Waals surface area (Å²) in [6.07, 6.45) is -0.484. The quantitative estimate of drug-likeness (QED) is 0.00631. The van der Waals surface area contributed by atoms with Crippen molar-refractivity contribution >= 4 is 213 Å². The number of nitrogens with two attached hydrogens (primary N) is 1. The molecule has 0 fully saturated rings. The molecule has 16 N–H and O–H groups in total. The van der Waals surface area contributed by atoms with Gasteiger partial charge in [-0.15, -0.1) is 46.0 Å². The number of phenolic OH excluding ortho intramolecular Hbond substituents is 4. The standard InChI is InChI=1S/C56H42N12O37S10/c1-22-11-36(40(105-9-2-10-106(75,76)77)20-35(22)61-63-37-15-25(107(78,79)80)12-23-13-26(108(81,82)83)16-39(69)46(23)37)62-66-50-44(112(93,94)95)18-30-28(53(50)71)5-8-34(56(30)115(102,103)104)60-65-49-43(111(90,91)92)17-29-27(52(49)70)4-7-33(55(29)114(99,100)101)59-64-38-21-41(109(84,85)86)31-19-45(113(96,97)98)51(54(72)47(31)48(38)57)67-58-32-6-3-24(68(73)74)14-42(32)110(87,88)89/h3-8,11-21,69-72H,2,9-10,57H2,1H3,(H,75,76,77)(H,78,79,80)(H,81,82,83)(H,84,85,86)(H,87,88,89)(H,90,91,92)(H,93,94,95)(H,96,97,98)(H,99,100,101)(H,102,103,104). The smallest absolute Gasteiger partial charge is 0.297 e. The van der Waals surface area contributed by atoms with E-state index >= 15 is 0 Å². The molecular weight excluding hydrogens is 1750 g/mol. The van der Waals surface area contributed by atoms with Crippen LogP contribution in [0.1, 0.15) is 12.0 Å². The van der Waals surface area contributed by atoms with Crippen LogP contribution in [0.15, 0.2) is 198 Å². The number of benzene rings is 10. The highest BCUT2D eigenvalue weighted by Gasteiger charge is 2.34. The van der Waals surface area contributed by atoms with Crippen LogP contribution >= 0.6 is 0 Å². The van der Waals surface area contributed by atoms with Crippen LogP contribution < -0.4 is 10.5 Å². The Morgan fingerprint density at radius 2 is 0.783 bits per heavy atom. The highest BCUT2D eigenvalue weighted by molar-refractivity contribution is 7.88. The van der Waals surface area contributed by atoms with Crippen LogP contribution in [0.3, 0.4) is 0 Å². The molecule has 10 aromatic carbocycles. The number of azo groups is 5. The second kappa shape index (κ2) is 30.1. The third kappa shape index (κ3) is 18.2. The lowest BCUT2D eigenvalue weighted by atomic mass is 10.0. The Morgan fingerprint density at radius 3 is 1.23 bits per heavy atom. The molecule has 0 bridgehead atoms. The van der Waals surface area contributed by atoms with E-state index in [4.69, 9.17) is 10.5 Å². The van der Waals surface area contributed by atoms with Crippen LogP contribution in [0, 0.1) is 17.0 Å². The molecular formula is C56H42N12O37S10. The highest BCUT2D eigenvalue weighted by Crippen LogP contribution is 2.52. The number of nitro benzene ring substituents is 1. The van der Waals surface area contributed by atoms with E-state index in [0.717, 1.165) is 12.1 Å². The lowest BCUT2D eigenvalue weighted by Gasteiger charge is -2.15. The molecule has 608 valence electrons. The third-order valence-electron chi connectivity index (χ3n) is 15.6. The summed E-state index contributed by atoms with van der Waals surface area (Å²) in [5.41, 5.74) is -6.02. The van der Waals surface area contributed by atoms with E-state index < -0.39 is 303 Å². The predicted octanol–water partition coefficient (Wildman–Crippen LogP) is 9.87. The molecule has 0 aliphatic rings.